The first kappa shape index (κ1) is 28.0. The van der Waals surface area contributed by atoms with Gasteiger partial charge in [-0.15, -0.1) is 0 Å². The van der Waals surface area contributed by atoms with Crippen molar-refractivity contribution in [1.29, 1.82) is 0 Å². The Hall–Kier alpha value is -4.16. The maximum Gasteiger partial charge on any atom is 0.251 e. The van der Waals surface area contributed by atoms with Crippen molar-refractivity contribution in [2.24, 2.45) is 14.1 Å². The van der Waals surface area contributed by atoms with Crippen LogP contribution in [0.4, 0.5) is 0 Å². The number of halogens is 2. The Morgan fingerprint density at radius 2 is 1.55 bits per heavy atom. The highest BCUT2D eigenvalue weighted by Crippen LogP contribution is 2.41. The van der Waals surface area contributed by atoms with Crippen LogP contribution < -0.4 is 10.9 Å². The summed E-state index contributed by atoms with van der Waals surface area (Å²) >= 11 is 12.8. The Balaban J connectivity index is 1.69. The molecule has 42 heavy (non-hydrogen) atoms. The molecule has 2 atom stereocenters. The largest absolute Gasteiger partial charge is 0.335 e. The highest BCUT2D eigenvalue weighted by Gasteiger charge is 2.40. The van der Waals surface area contributed by atoms with Gasteiger partial charge in [0.1, 0.15) is 5.54 Å². The molecule has 4 aromatic carbocycles. The van der Waals surface area contributed by atoms with Crippen LogP contribution in [0.2, 0.25) is 10.0 Å². The molecule has 1 N–H and O–H groups in total. The van der Waals surface area contributed by atoms with Gasteiger partial charge in [0.2, 0.25) is 0 Å². The molecule has 2 aromatic heterocycles. The van der Waals surface area contributed by atoms with E-state index in [1.165, 1.54) is 0 Å². The summed E-state index contributed by atoms with van der Waals surface area (Å²) in [4.78, 5) is 17.6. The van der Waals surface area contributed by atoms with E-state index in [1.54, 1.807) is 17.7 Å². The maximum absolute atomic E-state index is 13.1. The van der Waals surface area contributed by atoms with Crippen LogP contribution in [0.15, 0.2) is 120 Å². The number of imidazole rings is 1. The number of hydrogen-bond acceptors (Lipinski definition) is 3. The van der Waals surface area contributed by atoms with Crippen molar-refractivity contribution in [2.45, 2.75) is 18.5 Å². The summed E-state index contributed by atoms with van der Waals surface area (Å²) < 4.78 is 3.73. The number of hydrogen-bond donors (Lipinski definition) is 1. The number of pyridine rings is 1. The predicted molar refractivity (Wildman–Crippen MR) is 172 cm³/mol. The summed E-state index contributed by atoms with van der Waals surface area (Å²) in [5.41, 5.74) is 5.72. The topological polar surface area (TPSA) is 51.9 Å². The minimum Gasteiger partial charge on any atom is -0.335 e. The molecule has 5 nitrogen and oxygen atoms in total. The fraction of sp³-hybridized carbons (Fsp3) is 0.143. The van der Waals surface area contributed by atoms with E-state index in [1.807, 2.05) is 72.7 Å². The van der Waals surface area contributed by atoms with Gasteiger partial charge in [-0.1, -0.05) is 83.9 Å². The van der Waals surface area contributed by atoms with Crippen molar-refractivity contribution in [3.8, 4) is 11.1 Å². The lowest BCUT2D eigenvalue weighted by Gasteiger charge is -2.39. The molecule has 0 saturated heterocycles. The molecule has 0 spiro atoms. The molecule has 0 amide bonds. The van der Waals surface area contributed by atoms with Gasteiger partial charge in [-0.05, 0) is 71.1 Å². The molecule has 6 rings (SSSR count). The number of rotatable bonds is 7. The van der Waals surface area contributed by atoms with Crippen molar-refractivity contribution in [1.82, 2.24) is 19.4 Å². The van der Waals surface area contributed by atoms with Crippen LogP contribution in [-0.4, -0.2) is 14.1 Å². The molecule has 0 aliphatic heterocycles. The Labute approximate surface area is 255 Å². The lowest BCUT2D eigenvalue weighted by molar-refractivity contribution is 0.397. The van der Waals surface area contributed by atoms with Crippen LogP contribution in [0.25, 0.3) is 22.0 Å². The van der Waals surface area contributed by atoms with Crippen LogP contribution in [0, 0.1) is 0 Å². The van der Waals surface area contributed by atoms with Gasteiger partial charge in [0.05, 0.1) is 23.7 Å². The van der Waals surface area contributed by atoms with E-state index in [4.69, 9.17) is 23.2 Å². The number of nitrogens with zero attached hydrogens (tertiary/aromatic N) is 3. The second-order valence-corrected chi connectivity index (χ2v) is 11.5. The normalized spacial score (nSPS) is 13.6. The predicted octanol–water partition coefficient (Wildman–Crippen LogP) is 7.89. The van der Waals surface area contributed by atoms with Crippen LogP contribution >= 0.6 is 23.2 Å². The first-order valence-corrected chi connectivity index (χ1v) is 14.5. The first-order valence-electron chi connectivity index (χ1n) is 13.7. The molecule has 6 aromatic rings. The summed E-state index contributed by atoms with van der Waals surface area (Å²) in [6.45, 7) is 2.17. The maximum atomic E-state index is 13.1. The van der Waals surface area contributed by atoms with Crippen molar-refractivity contribution in [2.75, 3.05) is 0 Å². The zero-order valence-corrected chi connectivity index (χ0v) is 25.1. The van der Waals surface area contributed by atoms with E-state index in [-0.39, 0.29) is 11.6 Å². The van der Waals surface area contributed by atoms with Crippen LogP contribution in [0.5, 0.6) is 0 Å². The molecule has 2 heterocycles. The van der Waals surface area contributed by atoms with E-state index in [0.717, 1.165) is 44.4 Å². The molecule has 0 bridgehead atoms. The van der Waals surface area contributed by atoms with Gasteiger partial charge in [0.25, 0.3) is 5.56 Å². The van der Waals surface area contributed by atoms with Gasteiger partial charge >= 0.3 is 0 Å². The van der Waals surface area contributed by atoms with Gasteiger partial charge < -0.3 is 9.13 Å². The monoisotopic (exact) mass is 592 g/mol. The van der Waals surface area contributed by atoms with Gasteiger partial charge in [-0.3, -0.25) is 10.1 Å². The molecular formula is C35H30Cl2N4O. The Bertz CT molecular complexity index is 1950. The van der Waals surface area contributed by atoms with E-state index in [2.05, 4.69) is 65.8 Å². The third-order valence-electron chi connectivity index (χ3n) is 8.03. The van der Waals surface area contributed by atoms with Crippen LogP contribution in [0.1, 0.15) is 35.3 Å². The van der Waals surface area contributed by atoms with Gasteiger partial charge in [0.15, 0.2) is 0 Å². The van der Waals surface area contributed by atoms with Crippen molar-refractivity contribution in [3.05, 3.63) is 158 Å². The summed E-state index contributed by atoms with van der Waals surface area (Å²) in [6.07, 6.45) is 3.72. The Morgan fingerprint density at radius 1 is 0.810 bits per heavy atom. The molecule has 0 radical (unpaired) electrons. The third kappa shape index (κ3) is 4.94. The van der Waals surface area contributed by atoms with Crippen LogP contribution in [0.3, 0.4) is 0 Å². The molecule has 1 unspecified atom stereocenters. The zero-order valence-electron chi connectivity index (χ0n) is 23.6. The van der Waals surface area contributed by atoms with E-state index in [0.29, 0.717) is 10.0 Å². The minimum absolute atomic E-state index is 0.0417. The standard InChI is InChI=1S/C35H30Cl2N4O/c1-23(24-8-5-4-6-9-24)39-35(33-21-38-22-40(33)2,26-12-15-28(36)16-13-26)27-14-17-32-31(19-27)30(20-34(42)41(32)3)25-10-7-11-29(37)18-25/h4-23,39H,1-3H3/t23-,35?/m1/s1. The first-order chi connectivity index (χ1) is 20.3. The number of aromatic nitrogens is 3. The smallest absolute Gasteiger partial charge is 0.251 e. The number of fused-ring (bicyclic) bond motifs is 1. The average molecular weight is 594 g/mol. The quantitative estimate of drug-likeness (QED) is 0.205. The molecule has 0 aliphatic rings. The van der Waals surface area contributed by atoms with E-state index < -0.39 is 5.54 Å². The number of benzene rings is 4. The molecule has 0 aliphatic carbocycles. The number of nitrogens with one attached hydrogen (secondary N) is 1. The second kappa shape index (κ2) is 11.3. The lowest BCUT2D eigenvalue weighted by Crippen LogP contribution is -2.47. The van der Waals surface area contributed by atoms with Crippen molar-refractivity contribution < 1.29 is 0 Å². The Morgan fingerprint density at radius 3 is 2.24 bits per heavy atom. The highest BCUT2D eigenvalue weighted by molar-refractivity contribution is 6.31. The highest BCUT2D eigenvalue weighted by atomic mass is 35.5. The average Bonchev–Trinajstić information content (AvgIpc) is 3.44. The van der Waals surface area contributed by atoms with Crippen LogP contribution in [-0.2, 0) is 19.6 Å². The SMILES string of the molecule is C[C@@H](NC(c1ccc(Cl)cc1)(c1ccc2c(c1)c(-c1cccc(Cl)c1)cc(=O)n2C)c1cncn1C)c1ccccc1. The summed E-state index contributed by atoms with van der Waals surface area (Å²) in [6, 6.07) is 33.9. The minimum atomic E-state index is -0.834. The third-order valence-corrected chi connectivity index (χ3v) is 8.51. The molecular weight excluding hydrogens is 563 g/mol. The van der Waals surface area contributed by atoms with Gasteiger partial charge in [0, 0.05) is 41.6 Å². The van der Waals surface area contributed by atoms with Gasteiger partial charge in [-0.25, -0.2) is 4.98 Å². The van der Waals surface area contributed by atoms with Gasteiger partial charge in [-0.2, -0.15) is 0 Å². The fourth-order valence-electron chi connectivity index (χ4n) is 5.86. The molecule has 210 valence electrons. The summed E-state index contributed by atoms with van der Waals surface area (Å²) in [5.74, 6) is 0. The summed E-state index contributed by atoms with van der Waals surface area (Å²) in [7, 11) is 3.80. The molecule has 0 fully saturated rings. The van der Waals surface area contributed by atoms with E-state index >= 15 is 0 Å². The molecule has 0 saturated carbocycles. The fourth-order valence-corrected chi connectivity index (χ4v) is 6.18. The zero-order chi connectivity index (χ0) is 29.4. The van der Waals surface area contributed by atoms with Crippen molar-refractivity contribution >= 4 is 34.1 Å². The number of aryl methyl sites for hydroxylation is 2. The lowest BCUT2D eigenvalue weighted by atomic mass is 9.78. The summed E-state index contributed by atoms with van der Waals surface area (Å²) in [5, 5.41) is 6.21. The second-order valence-electron chi connectivity index (χ2n) is 10.6. The van der Waals surface area contributed by atoms with E-state index in [9.17, 15) is 4.79 Å². The molecule has 7 heteroatoms. The van der Waals surface area contributed by atoms with Crippen molar-refractivity contribution in [3.63, 3.8) is 0 Å². The Kier molecular flexibility index (Phi) is 7.50.